The number of amides is 4. The summed E-state index contributed by atoms with van der Waals surface area (Å²) in [6.45, 7) is 1.63. The Morgan fingerprint density at radius 3 is 1.87 bits per heavy atom. The van der Waals surface area contributed by atoms with Crippen LogP contribution in [0.5, 0.6) is 0 Å². The molecule has 6 heteroatoms. The van der Waals surface area contributed by atoms with Crippen LogP contribution in [0.3, 0.4) is 0 Å². The molecule has 1 unspecified atom stereocenters. The largest absolute Gasteiger partial charge is 0.344 e. The van der Waals surface area contributed by atoms with E-state index in [2.05, 4.69) is 10.7 Å². The molecule has 1 aliphatic heterocycles. The average molecular weight is 413 g/mol. The van der Waals surface area contributed by atoms with Crippen LogP contribution in [0.15, 0.2) is 91.0 Å². The number of imide groups is 1. The van der Waals surface area contributed by atoms with E-state index in [0.29, 0.717) is 5.56 Å². The van der Waals surface area contributed by atoms with E-state index in [1.54, 1.807) is 31.2 Å². The van der Waals surface area contributed by atoms with Crippen molar-refractivity contribution < 1.29 is 14.4 Å². The van der Waals surface area contributed by atoms with Crippen LogP contribution in [0.4, 0.5) is 4.79 Å². The Bertz CT molecular complexity index is 1050. The second-order valence-electron chi connectivity index (χ2n) is 7.67. The molecule has 4 rings (SSSR count). The minimum atomic E-state index is -1.23. The minimum Gasteiger partial charge on any atom is -0.318 e. The summed E-state index contributed by atoms with van der Waals surface area (Å²) in [6, 6.07) is 27.7. The fraction of sp³-hybridized carbons (Fsp3) is 0.160. The molecule has 6 nitrogen and oxygen atoms in total. The Morgan fingerprint density at radius 2 is 1.35 bits per heavy atom. The SMILES string of the molecule is CC1(c2ccccc2)NC(=O)N(NC(=O)CC(c2ccccc2)c2ccccc2)C1=O. The van der Waals surface area contributed by atoms with Gasteiger partial charge in [0.2, 0.25) is 5.91 Å². The van der Waals surface area contributed by atoms with Gasteiger partial charge in [0.1, 0.15) is 5.54 Å². The van der Waals surface area contributed by atoms with Crippen molar-refractivity contribution >= 4 is 17.8 Å². The number of hydrogen-bond donors (Lipinski definition) is 2. The van der Waals surface area contributed by atoms with Crippen molar-refractivity contribution in [2.45, 2.75) is 24.8 Å². The molecular weight excluding hydrogens is 390 g/mol. The molecule has 1 atom stereocenters. The normalized spacial score (nSPS) is 18.2. The summed E-state index contributed by atoms with van der Waals surface area (Å²) in [5, 5.41) is 3.47. The monoisotopic (exact) mass is 413 g/mol. The molecule has 0 aliphatic carbocycles. The van der Waals surface area contributed by atoms with Gasteiger partial charge < -0.3 is 5.32 Å². The quantitative estimate of drug-likeness (QED) is 0.605. The number of benzene rings is 3. The van der Waals surface area contributed by atoms with E-state index >= 15 is 0 Å². The van der Waals surface area contributed by atoms with Crippen LogP contribution in [0, 0.1) is 0 Å². The Kier molecular flexibility index (Phi) is 5.54. The van der Waals surface area contributed by atoms with Crippen LogP contribution < -0.4 is 10.7 Å². The molecular formula is C25H23N3O3. The highest BCUT2D eigenvalue weighted by molar-refractivity contribution is 6.08. The molecule has 2 N–H and O–H groups in total. The average Bonchev–Trinajstić information content (AvgIpc) is 3.03. The maximum atomic E-state index is 13.0. The third kappa shape index (κ3) is 4.05. The number of carbonyl (C=O) groups is 3. The van der Waals surface area contributed by atoms with Gasteiger partial charge in [-0.3, -0.25) is 15.0 Å². The third-order valence-corrected chi connectivity index (χ3v) is 5.57. The van der Waals surface area contributed by atoms with Crippen molar-refractivity contribution in [3.8, 4) is 0 Å². The number of nitrogens with zero attached hydrogens (tertiary/aromatic N) is 1. The molecule has 3 aromatic rings. The van der Waals surface area contributed by atoms with Crippen LogP contribution >= 0.6 is 0 Å². The highest BCUT2D eigenvalue weighted by atomic mass is 16.2. The lowest BCUT2D eigenvalue weighted by molar-refractivity contribution is -0.139. The second kappa shape index (κ2) is 8.44. The van der Waals surface area contributed by atoms with Gasteiger partial charge in [-0.25, -0.2) is 4.79 Å². The minimum absolute atomic E-state index is 0.0904. The number of hydrogen-bond acceptors (Lipinski definition) is 3. The molecule has 156 valence electrons. The predicted octanol–water partition coefficient (Wildman–Crippen LogP) is 3.71. The molecule has 1 heterocycles. The van der Waals surface area contributed by atoms with E-state index in [0.717, 1.165) is 16.1 Å². The number of rotatable bonds is 6. The number of hydrazine groups is 1. The molecule has 0 spiro atoms. The fourth-order valence-corrected chi connectivity index (χ4v) is 3.86. The summed E-state index contributed by atoms with van der Waals surface area (Å²) in [5.74, 6) is -1.14. The lowest BCUT2D eigenvalue weighted by Crippen LogP contribution is -2.48. The smallest absolute Gasteiger partial charge is 0.318 e. The van der Waals surface area contributed by atoms with Gasteiger partial charge in [-0.2, -0.15) is 5.01 Å². The predicted molar refractivity (Wildman–Crippen MR) is 117 cm³/mol. The first-order chi connectivity index (χ1) is 15.0. The van der Waals surface area contributed by atoms with Crippen LogP contribution in [0.1, 0.15) is 36.0 Å². The maximum Gasteiger partial charge on any atom is 0.344 e. The van der Waals surface area contributed by atoms with E-state index in [-0.39, 0.29) is 12.3 Å². The summed E-state index contributed by atoms with van der Waals surface area (Å²) in [7, 11) is 0. The number of carbonyl (C=O) groups excluding carboxylic acids is 3. The van der Waals surface area contributed by atoms with Crippen LogP contribution in [0.2, 0.25) is 0 Å². The zero-order valence-corrected chi connectivity index (χ0v) is 17.1. The highest BCUT2D eigenvalue weighted by Crippen LogP contribution is 2.30. The van der Waals surface area contributed by atoms with E-state index in [9.17, 15) is 14.4 Å². The Labute approximate surface area is 180 Å². The van der Waals surface area contributed by atoms with Gasteiger partial charge in [-0.15, -0.1) is 0 Å². The maximum absolute atomic E-state index is 13.0. The summed E-state index contributed by atoms with van der Waals surface area (Å²) >= 11 is 0. The standard InChI is InChI=1S/C25H23N3O3/c1-25(20-15-9-4-10-16-20)23(30)28(24(31)26-25)27-22(29)17-21(18-11-5-2-6-12-18)19-13-7-3-8-14-19/h2-16,21H,17H2,1H3,(H,26,31)(H,27,29). The van der Waals surface area contributed by atoms with Crippen LogP contribution in [0.25, 0.3) is 0 Å². The lowest BCUT2D eigenvalue weighted by atomic mass is 9.88. The van der Waals surface area contributed by atoms with Gasteiger partial charge in [-0.1, -0.05) is 91.0 Å². The zero-order valence-electron chi connectivity index (χ0n) is 17.1. The Balaban J connectivity index is 1.53. The van der Waals surface area contributed by atoms with E-state index in [1.165, 1.54) is 0 Å². The van der Waals surface area contributed by atoms with Crippen LogP contribution in [-0.2, 0) is 15.1 Å². The van der Waals surface area contributed by atoms with Crippen molar-refractivity contribution in [2.75, 3.05) is 0 Å². The molecule has 4 amide bonds. The first-order valence-corrected chi connectivity index (χ1v) is 10.1. The van der Waals surface area contributed by atoms with Crippen molar-refractivity contribution in [3.63, 3.8) is 0 Å². The molecule has 1 saturated heterocycles. The molecule has 0 aromatic heterocycles. The fourth-order valence-electron chi connectivity index (χ4n) is 3.86. The van der Waals surface area contributed by atoms with Gasteiger partial charge in [0.25, 0.3) is 5.91 Å². The van der Waals surface area contributed by atoms with Crippen molar-refractivity contribution in [1.82, 2.24) is 15.8 Å². The molecule has 31 heavy (non-hydrogen) atoms. The summed E-state index contributed by atoms with van der Waals surface area (Å²) in [6.07, 6.45) is 0.0904. The molecule has 1 fully saturated rings. The van der Waals surface area contributed by atoms with Gasteiger partial charge in [0.05, 0.1) is 0 Å². The first-order valence-electron chi connectivity index (χ1n) is 10.1. The van der Waals surface area contributed by atoms with Gasteiger partial charge in [0.15, 0.2) is 0 Å². The van der Waals surface area contributed by atoms with Gasteiger partial charge in [0, 0.05) is 12.3 Å². The molecule has 3 aromatic carbocycles. The third-order valence-electron chi connectivity index (χ3n) is 5.57. The molecule has 1 aliphatic rings. The first kappa shape index (κ1) is 20.3. The summed E-state index contributed by atoms with van der Waals surface area (Å²) in [4.78, 5) is 38.5. The zero-order chi connectivity index (χ0) is 21.8. The molecule has 0 radical (unpaired) electrons. The topological polar surface area (TPSA) is 78.5 Å². The van der Waals surface area contributed by atoms with Crippen molar-refractivity contribution in [1.29, 1.82) is 0 Å². The van der Waals surface area contributed by atoms with Crippen LogP contribution in [-0.4, -0.2) is 22.9 Å². The van der Waals surface area contributed by atoms with E-state index in [1.807, 2.05) is 66.7 Å². The highest BCUT2D eigenvalue weighted by Gasteiger charge is 2.50. The van der Waals surface area contributed by atoms with E-state index < -0.39 is 23.4 Å². The summed E-state index contributed by atoms with van der Waals surface area (Å²) in [5.41, 5.74) is 3.89. The lowest BCUT2D eigenvalue weighted by Gasteiger charge is -2.23. The number of nitrogens with one attached hydrogen (secondary N) is 2. The van der Waals surface area contributed by atoms with Gasteiger partial charge >= 0.3 is 6.03 Å². The Morgan fingerprint density at radius 1 is 0.871 bits per heavy atom. The summed E-state index contributed by atoms with van der Waals surface area (Å²) < 4.78 is 0. The Hall–Kier alpha value is -3.93. The van der Waals surface area contributed by atoms with Crippen molar-refractivity contribution in [2.24, 2.45) is 0 Å². The molecule has 0 bridgehead atoms. The van der Waals surface area contributed by atoms with Crippen molar-refractivity contribution in [3.05, 3.63) is 108 Å². The van der Waals surface area contributed by atoms with E-state index in [4.69, 9.17) is 0 Å². The molecule has 0 saturated carbocycles. The second-order valence-corrected chi connectivity index (χ2v) is 7.67. The number of urea groups is 1. The van der Waals surface area contributed by atoms with Gasteiger partial charge in [-0.05, 0) is 23.6 Å².